The molecule has 66 valence electrons. The third-order valence-corrected chi connectivity index (χ3v) is 2.23. The summed E-state index contributed by atoms with van der Waals surface area (Å²) < 4.78 is 5.09. The Morgan fingerprint density at radius 1 is 1.18 bits per heavy atom. The van der Waals surface area contributed by atoms with Gasteiger partial charge in [-0.2, -0.15) is 0 Å². The molecule has 2 heteroatoms. The first-order valence-corrected chi connectivity index (χ1v) is 4.68. The van der Waals surface area contributed by atoms with Crippen LogP contribution in [0.3, 0.4) is 0 Å². The lowest BCUT2D eigenvalue weighted by Crippen LogP contribution is -2.58. The lowest BCUT2D eigenvalue weighted by molar-refractivity contribution is -0.0986. The molecule has 0 unspecified atom stereocenters. The zero-order valence-corrected chi connectivity index (χ0v) is 7.84. The van der Waals surface area contributed by atoms with E-state index in [4.69, 9.17) is 4.74 Å². The topological polar surface area (TPSA) is 12.5 Å². The summed E-state index contributed by atoms with van der Waals surface area (Å²) in [5, 5.41) is 0. The van der Waals surface area contributed by atoms with E-state index in [2.05, 4.69) is 11.8 Å². The number of rotatable bonds is 1. The van der Waals surface area contributed by atoms with Gasteiger partial charge >= 0.3 is 0 Å². The summed E-state index contributed by atoms with van der Waals surface area (Å²) in [6.45, 7) is 10.9. The Balaban J connectivity index is 0.000000281. The molecule has 0 aromatic rings. The van der Waals surface area contributed by atoms with Gasteiger partial charge in [0.1, 0.15) is 0 Å². The van der Waals surface area contributed by atoms with Crippen LogP contribution in [-0.2, 0) is 4.74 Å². The number of nitrogens with zero attached hydrogens (tertiary/aromatic N) is 1. The maximum Gasteiger partial charge on any atom is 0.0645 e. The molecule has 2 saturated heterocycles. The maximum atomic E-state index is 5.09. The summed E-state index contributed by atoms with van der Waals surface area (Å²) in [6, 6.07) is 0.779. The molecule has 0 radical (unpaired) electrons. The number of hydrogen-bond acceptors (Lipinski definition) is 2. The van der Waals surface area contributed by atoms with Crippen LogP contribution in [0, 0.1) is 5.92 Å². The van der Waals surface area contributed by atoms with Gasteiger partial charge < -0.3 is 4.74 Å². The fourth-order valence-electron chi connectivity index (χ4n) is 1.48. The highest BCUT2D eigenvalue weighted by atomic mass is 16.5. The van der Waals surface area contributed by atoms with Crippen LogP contribution < -0.4 is 0 Å². The summed E-state index contributed by atoms with van der Waals surface area (Å²) in [5.74, 6) is 0.936. The van der Waals surface area contributed by atoms with E-state index >= 15 is 0 Å². The molecule has 2 heterocycles. The molecular weight excluding hydrogens is 138 g/mol. The van der Waals surface area contributed by atoms with Crippen molar-refractivity contribution in [2.24, 2.45) is 5.92 Å². The highest BCUT2D eigenvalue weighted by molar-refractivity contribution is 4.86. The molecule has 0 aromatic carbocycles. The van der Waals surface area contributed by atoms with Crippen molar-refractivity contribution in [3.8, 4) is 0 Å². The van der Waals surface area contributed by atoms with Crippen molar-refractivity contribution in [3.05, 3.63) is 0 Å². The van der Waals surface area contributed by atoms with Crippen LogP contribution in [0.2, 0.25) is 0 Å². The molecule has 0 aromatic heterocycles. The van der Waals surface area contributed by atoms with Crippen LogP contribution in [0.15, 0.2) is 0 Å². The predicted octanol–water partition coefficient (Wildman–Crippen LogP) is 1.36. The van der Waals surface area contributed by atoms with Crippen LogP contribution in [0.25, 0.3) is 0 Å². The van der Waals surface area contributed by atoms with Crippen LogP contribution >= 0.6 is 0 Å². The minimum Gasteiger partial charge on any atom is -0.378 e. The van der Waals surface area contributed by atoms with E-state index in [1.54, 1.807) is 0 Å². The molecular formula is C9H19NO. The van der Waals surface area contributed by atoms with Gasteiger partial charge in [-0.05, 0) is 5.92 Å². The van der Waals surface area contributed by atoms with E-state index in [1.807, 2.05) is 13.8 Å². The predicted molar refractivity (Wildman–Crippen MR) is 46.7 cm³/mol. The Bertz CT molecular complexity index is 106. The second-order valence-electron chi connectivity index (χ2n) is 3.25. The summed E-state index contributed by atoms with van der Waals surface area (Å²) in [4.78, 5) is 2.51. The summed E-state index contributed by atoms with van der Waals surface area (Å²) in [6.07, 6.45) is 0. The Morgan fingerprint density at radius 3 is 2.00 bits per heavy atom. The van der Waals surface area contributed by atoms with Gasteiger partial charge in [0.15, 0.2) is 0 Å². The van der Waals surface area contributed by atoms with E-state index < -0.39 is 0 Å². The van der Waals surface area contributed by atoms with Gasteiger partial charge in [-0.25, -0.2) is 0 Å². The molecule has 0 spiro atoms. The molecule has 2 aliphatic rings. The Kier molecular flexibility index (Phi) is 3.34. The van der Waals surface area contributed by atoms with Crippen molar-refractivity contribution in [1.82, 2.24) is 4.90 Å². The number of likely N-dealkylation sites (tertiary alicyclic amines) is 1. The molecule has 2 nitrogen and oxygen atoms in total. The van der Waals surface area contributed by atoms with Crippen molar-refractivity contribution < 1.29 is 4.74 Å². The fourth-order valence-corrected chi connectivity index (χ4v) is 1.48. The summed E-state index contributed by atoms with van der Waals surface area (Å²) >= 11 is 0. The van der Waals surface area contributed by atoms with E-state index in [-0.39, 0.29) is 0 Å². The second kappa shape index (κ2) is 4.07. The zero-order chi connectivity index (χ0) is 8.27. The van der Waals surface area contributed by atoms with E-state index in [1.165, 1.54) is 13.1 Å². The van der Waals surface area contributed by atoms with Gasteiger partial charge in [0, 0.05) is 13.1 Å². The molecule has 2 aliphatic heterocycles. The lowest BCUT2D eigenvalue weighted by atomic mass is 9.99. The van der Waals surface area contributed by atoms with Gasteiger partial charge in [0.2, 0.25) is 0 Å². The number of ether oxygens (including phenoxy) is 1. The Morgan fingerprint density at radius 2 is 1.73 bits per heavy atom. The molecule has 0 amide bonds. The summed E-state index contributed by atoms with van der Waals surface area (Å²) in [5.41, 5.74) is 0. The van der Waals surface area contributed by atoms with E-state index in [9.17, 15) is 0 Å². The molecule has 0 atom stereocenters. The highest BCUT2D eigenvalue weighted by Gasteiger charge is 2.33. The normalized spacial score (nSPS) is 26.5. The molecule has 11 heavy (non-hydrogen) atoms. The van der Waals surface area contributed by atoms with Gasteiger partial charge in [-0.3, -0.25) is 4.90 Å². The van der Waals surface area contributed by atoms with Crippen LogP contribution in [0.4, 0.5) is 0 Å². The largest absolute Gasteiger partial charge is 0.378 e. The van der Waals surface area contributed by atoms with Gasteiger partial charge in [-0.15, -0.1) is 0 Å². The molecule has 0 bridgehead atoms. The average Bonchev–Trinajstić information content (AvgIpc) is 1.86. The van der Waals surface area contributed by atoms with Crippen molar-refractivity contribution in [1.29, 1.82) is 0 Å². The first-order valence-electron chi connectivity index (χ1n) is 4.68. The monoisotopic (exact) mass is 157 g/mol. The quantitative estimate of drug-likeness (QED) is 0.570. The molecule has 2 rings (SSSR count). The van der Waals surface area contributed by atoms with E-state index in [0.29, 0.717) is 0 Å². The van der Waals surface area contributed by atoms with Gasteiger partial charge in [0.25, 0.3) is 0 Å². The van der Waals surface area contributed by atoms with Crippen LogP contribution in [0.5, 0.6) is 0 Å². The third kappa shape index (κ3) is 1.94. The zero-order valence-electron chi connectivity index (χ0n) is 7.84. The first-order chi connectivity index (χ1) is 5.36. The maximum absolute atomic E-state index is 5.09. The highest BCUT2D eigenvalue weighted by Crippen LogP contribution is 2.21. The van der Waals surface area contributed by atoms with Crippen molar-refractivity contribution in [3.63, 3.8) is 0 Å². The van der Waals surface area contributed by atoms with Crippen molar-refractivity contribution in [2.45, 2.75) is 26.8 Å². The minimum atomic E-state index is 0.779. The molecule has 0 aliphatic carbocycles. The van der Waals surface area contributed by atoms with Crippen molar-refractivity contribution in [2.75, 3.05) is 26.3 Å². The Hall–Kier alpha value is -0.0800. The molecule has 0 N–H and O–H groups in total. The standard InChI is InChI=1S/C7H13NO.C2H6/c1-6-2-8(3-6)7-4-9-5-7;1-2/h6-7H,2-5H2,1H3;1-2H3. The summed E-state index contributed by atoms with van der Waals surface area (Å²) in [7, 11) is 0. The lowest BCUT2D eigenvalue weighted by Gasteiger charge is -2.46. The minimum absolute atomic E-state index is 0.779. The van der Waals surface area contributed by atoms with Crippen LogP contribution in [0.1, 0.15) is 20.8 Å². The van der Waals surface area contributed by atoms with E-state index in [0.717, 1.165) is 25.2 Å². The molecule has 2 fully saturated rings. The van der Waals surface area contributed by atoms with Gasteiger partial charge in [-0.1, -0.05) is 20.8 Å². The SMILES string of the molecule is CC.CC1CN(C2COC2)C1. The smallest absolute Gasteiger partial charge is 0.0645 e. The van der Waals surface area contributed by atoms with Crippen LogP contribution in [-0.4, -0.2) is 37.2 Å². The number of hydrogen-bond donors (Lipinski definition) is 0. The second-order valence-corrected chi connectivity index (χ2v) is 3.25. The fraction of sp³-hybridized carbons (Fsp3) is 1.00. The first kappa shape index (κ1) is 9.01. The van der Waals surface area contributed by atoms with Gasteiger partial charge in [0.05, 0.1) is 19.3 Å². The Labute approximate surface area is 69.5 Å². The van der Waals surface area contributed by atoms with Crippen molar-refractivity contribution >= 4 is 0 Å². The average molecular weight is 157 g/mol. The molecule has 0 saturated carbocycles. The third-order valence-electron chi connectivity index (χ3n) is 2.23.